The van der Waals surface area contributed by atoms with E-state index in [0.29, 0.717) is 31.4 Å². The van der Waals surface area contributed by atoms with Gasteiger partial charge in [-0.3, -0.25) is 4.79 Å². The highest BCUT2D eigenvalue weighted by atomic mass is 16.5. The van der Waals surface area contributed by atoms with E-state index in [1.807, 2.05) is 17.0 Å². The molecule has 6 heteroatoms. The molecule has 0 fully saturated rings. The Bertz CT molecular complexity index is 908. The Morgan fingerprint density at radius 3 is 2.11 bits per heavy atom. The van der Waals surface area contributed by atoms with Crippen molar-refractivity contribution < 1.29 is 24.2 Å². The number of aliphatic carboxylic acids is 1. The molecule has 2 aromatic carbocycles. The molecule has 0 unspecified atom stereocenters. The lowest BCUT2D eigenvalue weighted by atomic mass is 10.0. The molecule has 0 heterocycles. The minimum absolute atomic E-state index is 0.0327. The molecule has 0 spiro atoms. The normalized spacial score (nSPS) is 11.9. The maximum absolute atomic E-state index is 13.1. The number of nitrogens with zero attached hydrogens (tertiary/aromatic N) is 1. The van der Waals surface area contributed by atoms with Gasteiger partial charge in [-0.1, -0.05) is 82.9 Å². The Balaban J connectivity index is 1.96. The summed E-state index contributed by atoms with van der Waals surface area (Å²) in [4.78, 5) is 26.3. The molecule has 6 nitrogen and oxygen atoms in total. The maximum atomic E-state index is 13.1. The summed E-state index contributed by atoms with van der Waals surface area (Å²) >= 11 is 0. The highest BCUT2D eigenvalue weighted by Gasteiger charge is 2.18. The molecule has 0 radical (unpaired) electrons. The molecule has 1 atom stereocenters. The van der Waals surface area contributed by atoms with Gasteiger partial charge in [0.15, 0.2) is 12.7 Å². The van der Waals surface area contributed by atoms with E-state index in [1.54, 1.807) is 19.1 Å². The quantitative estimate of drug-likeness (QED) is 0.263. The molecule has 0 aliphatic rings. The van der Waals surface area contributed by atoms with Crippen molar-refractivity contribution in [1.82, 2.24) is 4.90 Å². The van der Waals surface area contributed by atoms with Crippen LogP contribution in [0, 0.1) is 0 Å². The first-order chi connectivity index (χ1) is 17.3. The first kappa shape index (κ1) is 29.4. The molecule has 0 aliphatic heterocycles. The van der Waals surface area contributed by atoms with Gasteiger partial charge in [0.1, 0.15) is 5.75 Å². The number of amides is 1. The summed E-state index contributed by atoms with van der Waals surface area (Å²) in [7, 11) is 0. The van der Waals surface area contributed by atoms with E-state index in [-0.39, 0.29) is 18.9 Å². The number of carbonyl (C=O) groups is 2. The standard InChI is InChI=1S/C30H43NO5/c1-5-7-8-9-10-19-31(21-25-11-15-26(16-12-25)23(3)4)29(32)22-36-27-17-13-24(14-18-27)20-28(30(33)34)35-6-2/h11-18,23,28H,5-10,19-22H2,1-4H3,(H,33,34)/t28-/m0/s1. The highest BCUT2D eigenvalue weighted by molar-refractivity contribution is 5.77. The van der Waals surface area contributed by atoms with Gasteiger partial charge in [-0.2, -0.15) is 0 Å². The molecule has 198 valence electrons. The SMILES string of the molecule is CCCCCCCN(Cc1ccc(C(C)C)cc1)C(=O)COc1ccc(C[C@H](OCC)C(=O)O)cc1. The molecule has 2 aromatic rings. The van der Waals surface area contributed by atoms with E-state index in [9.17, 15) is 14.7 Å². The van der Waals surface area contributed by atoms with Crippen molar-refractivity contribution in [3.05, 3.63) is 65.2 Å². The summed E-state index contributed by atoms with van der Waals surface area (Å²) in [6.45, 7) is 9.92. The van der Waals surface area contributed by atoms with Crippen LogP contribution in [0.2, 0.25) is 0 Å². The molecule has 0 aliphatic carbocycles. The van der Waals surface area contributed by atoms with Gasteiger partial charge in [-0.05, 0) is 48.1 Å². The summed E-state index contributed by atoms with van der Waals surface area (Å²) < 4.78 is 11.1. The Morgan fingerprint density at radius 1 is 0.889 bits per heavy atom. The number of carbonyl (C=O) groups excluding carboxylic acids is 1. The summed E-state index contributed by atoms with van der Waals surface area (Å²) in [5.74, 6) is 0.0464. The first-order valence-corrected chi connectivity index (χ1v) is 13.3. The van der Waals surface area contributed by atoms with Crippen molar-refractivity contribution in [2.75, 3.05) is 19.8 Å². The molecule has 0 saturated carbocycles. The van der Waals surface area contributed by atoms with Crippen LogP contribution in [-0.4, -0.2) is 47.7 Å². The van der Waals surface area contributed by atoms with Crippen LogP contribution >= 0.6 is 0 Å². The molecular weight excluding hydrogens is 454 g/mol. The zero-order chi connectivity index (χ0) is 26.3. The van der Waals surface area contributed by atoms with Gasteiger partial charge in [-0.15, -0.1) is 0 Å². The number of ether oxygens (including phenoxy) is 2. The molecular formula is C30H43NO5. The van der Waals surface area contributed by atoms with E-state index in [2.05, 4.69) is 45.0 Å². The number of benzene rings is 2. The lowest BCUT2D eigenvalue weighted by Gasteiger charge is -2.23. The average Bonchev–Trinajstić information content (AvgIpc) is 2.87. The third-order valence-corrected chi connectivity index (χ3v) is 6.25. The van der Waals surface area contributed by atoms with Crippen LogP contribution in [0.15, 0.2) is 48.5 Å². The van der Waals surface area contributed by atoms with Crippen molar-refractivity contribution in [3.8, 4) is 5.75 Å². The highest BCUT2D eigenvalue weighted by Crippen LogP contribution is 2.18. The summed E-state index contributed by atoms with van der Waals surface area (Å²) in [5, 5.41) is 9.27. The van der Waals surface area contributed by atoms with Crippen molar-refractivity contribution in [2.24, 2.45) is 0 Å². The van der Waals surface area contributed by atoms with Crippen LogP contribution in [0.5, 0.6) is 5.75 Å². The number of rotatable bonds is 17. The molecule has 2 rings (SSSR count). The van der Waals surface area contributed by atoms with Crippen LogP contribution in [0.25, 0.3) is 0 Å². The van der Waals surface area contributed by atoms with Crippen LogP contribution in [0.1, 0.15) is 82.4 Å². The fourth-order valence-corrected chi connectivity index (χ4v) is 4.02. The van der Waals surface area contributed by atoms with Crippen LogP contribution in [0.4, 0.5) is 0 Å². The molecule has 0 bridgehead atoms. The fraction of sp³-hybridized carbons (Fsp3) is 0.533. The lowest BCUT2D eigenvalue weighted by molar-refractivity contribution is -0.150. The summed E-state index contributed by atoms with van der Waals surface area (Å²) in [6, 6.07) is 15.7. The van der Waals surface area contributed by atoms with E-state index < -0.39 is 12.1 Å². The van der Waals surface area contributed by atoms with Gasteiger partial charge in [0.2, 0.25) is 0 Å². The number of hydrogen-bond acceptors (Lipinski definition) is 4. The van der Waals surface area contributed by atoms with E-state index in [0.717, 1.165) is 24.0 Å². The number of unbranched alkanes of at least 4 members (excludes halogenated alkanes) is 4. The Morgan fingerprint density at radius 2 is 1.53 bits per heavy atom. The van der Waals surface area contributed by atoms with Crippen LogP contribution in [0.3, 0.4) is 0 Å². The maximum Gasteiger partial charge on any atom is 0.333 e. The Hall–Kier alpha value is -2.86. The van der Waals surface area contributed by atoms with Gasteiger partial charge in [0.05, 0.1) is 0 Å². The summed E-state index contributed by atoms with van der Waals surface area (Å²) in [6.07, 6.45) is 5.12. The first-order valence-electron chi connectivity index (χ1n) is 13.3. The molecule has 36 heavy (non-hydrogen) atoms. The Labute approximate surface area is 216 Å². The second-order valence-corrected chi connectivity index (χ2v) is 9.54. The van der Waals surface area contributed by atoms with Crippen molar-refractivity contribution in [1.29, 1.82) is 0 Å². The van der Waals surface area contributed by atoms with Gasteiger partial charge in [0, 0.05) is 26.1 Å². The van der Waals surface area contributed by atoms with E-state index >= 15 is 0 Å². The second-order valence-electron chi connectivity index (χ2n) is 9.54. The lowest BCUT2D eigenvalue weighted by Crippen LogP contribution is -2.35. The third kappa shape index (κ3) is 10.4. The largest absolute Gasteiger partial charge is 0.484 e. The monoisotopic (exact) mass is 497 g/mol. The van der Waals surface area contributed by atoms with Gasteiger partial charge in [-0.25, -0.2) is 4.79 Å². The van der Waals surface area contributed by atoms with Crippen LogP contribution in [-0.2, 0) is 27.3 Å². The van der Waals surface area contributed by atoms with Gasteiger partial charge < -0.3 is 19.5 Å². The van der Waals surface area contributed by atoms with Gasteiger partial charge in [0.25, 0.3) is 5.91 Å². The van der Waals surface area contributed by atoms with Crippen molar-refractivity contribution in [3.63, 3.8) is 0 Å². The summed E-state index contributed by atoms with van der Waals surface area (Å²) in [5.41, 5.74) is 3.25. The predicted molar refractivity (Wildman–Crippen MR) is 143 cm³/mol. The zero-order valence-electron chi connectivity index (χ0n) is 22.4. The van der Waals surface area contributed by atoms with E-state index in [1.165, 1.54) is 24.8 Å². The minimum atomic E-state index is -0.976. The molecule has 1 N–H and O–H groups in total. The predicted octanol–water partition coefficient (Wildman–Crippen LogP) is 6.22. The molecule has 1 amide bonds. The van der Waals surface area contributed by atoms with Crippen molar-refractivity contribution in [2.45, 2.75) is 84.8 Å². The number of hydrogen-bond donors (Lipinski definition) is 1. The second kappa shape index (κ2) is 16.0. The Kier molecular flexibility index (Phi) is 13.1. The molecule has 0 saturated heterocycles. The molecule has 0 aromatic heterocycles. The van der Waals surface area contributed by atoms with Crippen LogP contribution < -0.4 is 4.74 Å². The van der Waals surface area contributed by atoms with Crippen molar-refractivity contribution >= 4 is 11.9 Å². The fourth-order valence-electron chi connectivity index (χ4n) is 4.02. The third-order valence-electron chi connectivity index (χ3n) is 6.25. The average molecular weight is 498 g/mol. The zero-order valence-corrected chi connectivity index (χ0v) is 22.4. The minimum Gasteiger partial charge on any atom is -0.484 e. The van der Waals surface area contributed by atoms with Gasteiger partial charge >= 0.3 is 5.97 Å². The van der Waals surface area contributed by atoms with E-state index in [4.69, 9.17) is 9.47 Å². The number of carboxylic acid groups (broad SMARTS) is 1. The number of carboxylic acids is 1. The topological polar surface area (TPSA) is 76.1 Å². The smallest absolute Gasteiger partial charge is 0.333 e.